The third-order valence-electron chi connectivity index (χ3n) is 2.71. The minimum absolute atomic E-state index is 0.220. The molecule has 1 amide bonds. The van der Waals surface area contributed by atoms with Gasteiger partial charge in [0, 0.05) is 19.1 Å². The van der Waals surface area contributed by atoms with Crippen molar-refractivity contribution in [2.45, 2.75) is 19.9 Å². The van der Waals surface area contributed by atoms with Gasteiger partial charge in [-0.25, -0.2) is 0 Å². The normalized spacial score (nSPS) is 12.7. The number of carbonyl (C=O) groups excluding carboxylic acids is 1. The van der Waals surface area contributed by atoms with Crippen LogP contribution in [0.25, 0.3) is 0 Å². The fourth-order valence-electron chi connectivity index (χ4n) is 2.00. The molecule has 1 atom stereocenters. The van der Waals surface area contributed by atoms with E-state index in [1.54, 1.807) is 0 Å². The van der Waals surface area contributed by atoms with Gasteiger partial charge in [-0.1, -0.05) is 0 Å². The summed E-state index contributed by atoms with van der Waals surface area (Å²) >= 11 is 1.22. The number of hydrogen-bond acceptors (Lipinski definition) is 6. The maximum Gasteiger partial charge on any atom is 0.255 e. The number of aromatic nitrogens is 1. The topological polar surface area (TPSA) is 88.5 Å². The summed E-state index contributed by atoms with van der Waals surface area (Å²) in [6.07, 6.45) is 0. The highest BCUT2D eigenvalue weighted by molar-refractivity contribution is 7.11. The maximum atomic E-state index is 11.4. The van der Waals surface area contributed by atoms with E-state index >= 15 is 0 Å². The summed E-state index contributed by atoms with van der Waals surface area (Å²) in [7, 11) is 4.03. The lowest BCUT2D eigenvalue weighted by Gasteiger charge is -2.31. The average molecular weight is 271 g/mol. The quantitative estimate of drug-likeness (QED) is 0.791. The van der Waals surface area contributed by atoms with Crippen LogP contribution in [0.3, 0.4) is 0 Å². The van der Waals surface area contributed by atoms with Gasteiger partial charge in [-0.2, -0.15) is 4.37 Å². The Balaban J connectivity index is 3.05. The first-order chi connectivity index (χ1) is 8.38. The Morgan fingerprint density at radius 3 is 2.56 bits per heavy atom. The van der Waals surface area contributed by atoms with Gasteiger partial charge in [0.1, 0.15) is 10.6 Å². The molecule has 7 heteroatoms. The van der Waals surface area contributed by atoms with Gasteiger partial charge in [0.15, 0.2) is 5.82 Å². The minimum atomic E-state index is -0.522. The van der Waals surface area contributed by atoms with Gasteiger partial charge in [-0.05, 0) is 39.5 Å². The van der Waals surface area contributed by atoms with Crippen molar-refractivity contribution in [2.24, 2.45) is 5.73 Å². The SMILES string of the molecule is CCN(c1snc(N)c1C(N)=O)C(C)CN(C)C. The van der Waals surface area contributed by atoms with Crippen molar-refractivity contribution in [3.63, 3.8) is 0 Å². The zero-order valence-corrected chi connectivity index (χ0v) is 12.1. The number of primary amides is 1. The molecular weight excluding hydrogens is 250 g/mol. The van der Waals surface area contributed by atoms with Gasteiger partial charge in [-0.15, -0.1) is 0 Å². The predicted molar refractivity (Wildman–Crippen MR) is 76.1 cm³/mol. The molecule has 6 nitrogen and oxygen atoms in total. The zero-order valence-electron chi connectivity index (χ0n) is 11.3. The second kappa shape index (κ2) is 6.01. The van der Waals surface area contributed by atoms with Gasteiger partial charge in [0.05, 0.1) is 0 Å². The van der Waals surface area contributed by atoms with Crippen LogP contribution in [0.2, 0.25) is 0 Å². The number of hydrogen-bond donors (Lipinski definition) is 2. The molecule has 0 spiro atoms. The maximum absolute atomic E-state index is 11.4. The van der Waals surface area contributed by atoms with E-state index < -0.39 is 5.91 Å². The molecule has 0 fully saturated rings. The van der Waals surface area contributed by atoms with Crippen molar-refractivity contribution in [1.29, 1.82) is 0 Å². The molecule has 0 aromatic carbocycles. The summed E-state index contributed by atoms with van der Waals surface area (Å²) in [6, 6.07) is 0.253. The van der Waals surface area contributed by atoms with Crippen LogP contribution in [-0.2, 0) is 0 Å². The van der Waals surface area contributed by atoms with Gasteiger partial charge in [-0.3, -0.25) is 4.79 Å². The van der Waals surface area contributed by atoms with E-state index in [0.29, 0.717) is 5.56 Å². The highest BCUT2D eigenvalue weighted by atomic mass is 32.1. The number of likely N-dealkylation sites (N-methyl/N-ethyl adjacent to an activating group) is 2. The van der Waals surface area contributed by atoms with Crippen LogP contribution in [0.15, 0.2) is 0 Å². The molecule has 0 saturated heterocycles. The third-order valence-corrected chi connectivity index (χ3v) is 3.61. The lowest BCUT2D eigenvalue weighted by molar-refractivity contribution is 0.100. The van der Waals surface area contributed by atoms with Gasteiger partial charge in [0.2, 0.25) is 0 Å². The van der Waals surface area contributed by atoms with Gasteiger partial charge >= 0.3 is 0 Å². The van der Waals surface area contributed by atoms with Crippen LogP contribution >= 0.6 is 11.5 Å². The lowest BCUT2D eigenvalue weighted by atomic mass is 10.2. The average Bonchev–Trinajstić information content (AvgIpc) is 2.60. The standard InChI is InChI=1S/C11H21N5OS/c1-5-16(7(2)6-15(3)4)11-8(10(13)17)9(12)14-18-11/h7H,5-6H2,1-4H3,(H2,12,14)(H2,13,17). The molecule has 1 heterocycles. The van der Waals surface area contributed by atoms with E-state index in [9.17, 15) is 4.79 Å². The number of amides is 1. The molecule has 1 aromatic heterocycles. The first-order valence-corrected chi connectivity index (χ1v) is 6.62. The third kappa shape index (κ3) is 3.11. The Kier molecular flexibility index (Phi) is 4.92. The summed E-state index contributed by atoms with van der Waals surface area (Å²) in [4.78, 5) is 15.6. The lowest BCUT2D eigenvalue weighted by Crippen LogP contribution is -2.40. The smallest absolute Gasteiger partial charge is 0.255 e. The number of nitrogen functional groups attached to an aromatic ring is 1. The van der Waals surface area contributed by atoms with E-state index in [2.05, 4.69) is 21.1 Å². The molecular formula is C11H21N5OS. The first-order valence-electron chi connectivity index (χ1n) is 5.84. The fraction of sp³-hybridized carbons (Fsp3) is 0.636. The van der Waals surface area contributed by atoms with Crippen molar-refractivity contribution in [2.75, 3.05) is 37.8 Å². The molecule has 4 N–H and O–H groups in total. The molecule has 0 radical (unpaired) electrons. The highest BCUT2D eigenvalue weighted by Crippen LogP contribution is 2.31. The summed E-state index contributed by atoms with van der Waals surface area (Å²) in [5.74, 6) is -0.301. The number of nitrogens with two attached hydrogens (primary N) is 2. The Hall–Kier alpha value is -1.34. The molecule has 0 saturated carbocycles. The molecule has 0 aliphatic heterocycles. The van der Waals surface area contributed by atoms with Crippen molar-refractivity contribution in [1.82, 2.24) is 9.27 Å². The summed E-state index contributed by atoms with van der Waals surface area (Å²) in [5, 5.41) is 0.761. The fourth-order valence-corrected chi connectivity index (χ4v) is 2.99. The Morgan fingerprint density at radius 1 is 1.50 bits per heavy atom. The largest absolute Gasteiger partial charge is 0.382 e. The zero-order chi connectivity index (χ0) is 13.9. The van der Waals surface area contributed by atoms with Crippen molar-refractivity contribution >= 4 is 28.3 Å². The summed E-state index contributed by atoms with van der Waals surface area (Å²) < 4.78 is 4.03. The van der Waals surface area contributed by atoms with Crippen molar-refractivity contribution in [3.05, 3.63) is 5.56 Å². The Bertz CT molecular complexity index is 418. The predicted octanol–water partition coefficient (Wildman–Crippen LogP) is 0.601. The van der Waals surface area contributed by atoms with Crippen molar-refractivity contribution in [3.8, 4) is 0 Å². The number of nitrogens with zero attached hydrogens (tertiary/aromatic N) is 3. The van der Waals surface area contributed by atoms with E-state index in [1.165, 1.54) is 11.5 Å². The molecule has 102 valence electrons. The van der Waals surface area contributed by atoms with Crippen LogP contribution in [0, 0.1) is 0 Å². The molecule has 1 unspecified atom stereocenters. The molecule has 1 rings (SSSR count). The van der Waals surface area contributed by atoms with Crippen LogP contribution in [-0.4, -0.2) is 48.4 Å². The van der Waals surface area contributed by atoms with E-state index in [-0.39, 0.29) is 11.9 Å². The minimum Gasteiger partial charge on any atom is -0.382 e. The second-order valence-corrected chi connectivity index (χ2v) is 5.26. The van der Waals surface area contributed by atoms with Gasteiger partial charge < -0.3 is 21.3 Å². The molecule has 0 aliphatic rings. The van der Waals surface area contributed by atoms with Crippen LogP contribution in [0.4, 0.5) is 10.8 Å². The van der Waals surface area contributed by atoms with E-state index in [0.717, 1.165) is 18.1 Å². The summed E-state index contributed by atoms with van der Waals surface area (Å²) in [6.45, 7) is 5.79. The first kappa shape index (κ1) is 14.7. The molecule has 0 aliphatic carbocycles. The molecule has 1 aromatic rings. The van der Waals surface area contributed by atoms with Crippen molar-refractivity contribution < 1.29 is 4.79 Å². The van der Waals surface area contributed by atoms with Gasteiger partial charge in [0.25, 0.3) is 5.91 Å². The van der Waals surface area contributed by atoms with Crippen LogP contribution in [0.5, 0.6) is 0 Å². The highest BCUT2D eigenvalue weighted by Gasteiger charge is 2.24. The number of rotatable bonds is 6. The molecule has 0 bridgehead atoms. The summed E-state index contributed by atoms with van der Waals surface area (Å²) in [5.41, 5.74) is 11.4. The Labute approximate surface area is 112 Å². The Morgan fingerprint density at radius 2 is 2.11 bits per heavy atom. The molecule has 18 heavy (non-hydrogen) atoms. The number of anilines is 2. The van der Waals surface area contributed by atoms with E-state index in [1.807, 2.05) is 21.0 Å². The monoisotopic (exact) mass is 271 g/mol. The van der Waals surface area contributed by atoms with Crippen LogP contribution in [0.1, 0.15) is 24.2 Å². The van der Waals surface area contributed by atoms with E-state index in [4.69, 9.17) is 11.5 Å². The van der Waals surface area contributed by atoms with Crippen LogP contribution < -0.4 is 16.4 Å². The second-order valence-electron chi connectivity index (χ2n) is 4.51. The number of carbonyl (C=O) groups is 1.